The number of thioether (sulfide) groups is 1. The summed E-state index contributed by atoms with van der Waals surface area (Å²) in [5.41, 5.74) is 2.38. The summed E-state index contributed by atoms with van der Waals surface area (Å²) in [5, 5.41) is 1.45. The number of hydrogen-bond acceptors (Lipinski definition) is 3. The second-order valence-corrected chi connectivity index (χ2v) is 12.1. The van der Waals surface area contributed by atoms with Gasteiger partial charge in [0.25, 0.3) is 0 Å². The van der Waals surface area contributed by atoms with Crippen molar-refractivity contribution in [1.82, 2.24) is 9.80 Å². The maximum Gasteiger partial charge on any atom is 0.227 e. The van der Waals surface area contributed by atoms with E-state index in [2.05, 4.69) is 73.2 Å². The maximum atomic E-state index is 13.2. The number of likely N-dealkylation sites (tertiary alicyclic amines) is 1. The second-order valence-electron chi connectivity index (χ2n) is 10.3. The molecule has 2 aromatic rings. The minimum atomic E-state index is 0.251. The molecule has 1 amide bonds. The summed E-state index contributed by atoms with van der Waals surface area (Å²) in [4.78, 5) is 19.1. The maximum absolute atomic E-state index is 13.2. The molecule has 0 aliphatic carbocycles. The standard InChI is InChI=1S/C31H44Cl2N2OS/c1-5-8-24(6-2)30(25-20-26(32)22-27(33)21-25)15-18-34-16-13-28(14-17-34)35(7-3)31(36)19-23-9-11-29(37-4)12-10-23/h9-12,20-22,24,28,30H,5-8,13-19H2,1-4H3. The molecule has 1 heterocycles. The lowest BCUT2D eigenvalue weighted by Gasteiger charge is -2.39. The molecule has 0 saturated carbocycles. The van der Waals surface area contributed by atoms with E-state index in [-0.39, 0.29) is 5.91 Å². The fourth-order valence-electron chi connectivity index (χ4n) is 5.96. The lowest BCUT2D eigenvalue weighted by molar-refractivity contribution is -0.133. The Morgan fingerprint density at radius 1 is 1.03 bits per heavy atom. The van der Waals surface area contributed by atoms with Gasteiger partial charge in [0.15, 0.2) is 0 Å². The van der Waals surface area contributed by atoms with E-state index in [0.29, 0.717) is 24.3 Å². The molecule has 0 N–H and O–H groups in total. The van der Waals surface area contributed by atoms with Crippen molar-refractivity contribution in [3.8, 4) is 0 Å². The minimum Gasteiger partial charge on any atom is -0.340 e. The molecule has 2 atom stereocenters. The normalized spacial score (nSPS) is 16.5. The van der Waals surface area contributed by atoms with Gasteiger partial charge in [0.05, 0.1) is 6.42 Å². The van der Waals surface area contributed by atoms with Crippen LogP contribution in [-0.2, 0) is 11.2 Å². The number of piperidine rings is 1. The molecular weight excluding hydrogens is 519 g/mol. The van der Waals surface area contributed by atoms with Crippen LogP contribution < -0.4 is 0 Å². The molecule has 0 aromatic heterocycles. The van der Waals surface area contributed by atoms with Crippen LogP contribution >= 0.6 is 35.0 Å². The van der Waals surface area contributed by atoms with E-state index in [9.17, 15) is 4.79 Å². The number of likely N-dealkylation sites (N-methyl/N-ethyl adjacent to an activating group) is 1. The van der Waals surface area contributed by atoms with Gasteiger partial charge in [-0.25, -0.2) is 0 Å². The highest BCUT2D eigenvalue weighted by atomic mass is 35.5. The predicted molar refractivity (Wildman–Crippen MR) is 161 cm³/mol. The molecule has 0 spiro atoms. The molecule has 3 rings (SSSR count). The summed E-state index contributed by atoms with van der Waals surface area (Å²) >= 11 is 14.5. The van der Waals surface area contributed by atoms with Crippen LogP contribution in [0.4, 0.5) is 0 Å². The van der Waals surface area contributed by atoms with E-state index in [1.165, 1.54) is 23.3 Å². The predicted octanol–water partition coefficient (Wildman–Crippen LogP) is 8.57. The summed E-state index contributed by atoms with van der Waals surface area (Å²) in [6, 6.07) is 14.8. The summed E-state index contributed by atoms with van der Waals surface area (Å²) < 4.78 is 0. The fraction of sp³-hybridized carbons (Fsp3) is 0.581. The van der Waals surface area contributed by atoms with Gasteiger partial charge in [-0.3, -0.25) is 4.79 Å². The van der Waals surface area contributed by atoms with Crippen LogP contribution in [0.15, 0.2) is 47.4 Å². The van der Waals surface area contributed by atoms with Crippen LogP contribution in [0.5, 0.6) is 0 Å². The van der Waals surface area contributed by atoms with Crippen LogP contribution in [-0.4, -0.2) is 54.2 Å². The largest absolute Gasteiger partial charge is 0.340 e. The zero-order valence-electron chi connectivity index (χ0n) is 23.0. The Labute approximate surface area is 239 Å². The van der Waals surface area contributed by atoms with Crippen molar-refractivity contribution < 1.29 is 4.79 Å². The lowest BCUT2D eigenvalue weighted by atomic mass is 9.79. The van der Waals surface area contributed by atoms with Crippen molar-refractivity contribution in [2.45, 2.75) is 82.6 Å². The topological polar surface area (TPSA) is 23.6 Å². The van der Waals surface area contributed by atoms with E-state index in [0.717, 1.165) is 67.5 Å². The minimum absolute atomic E-state index is 0.251. The molecule has 1 aliphatic rings. The van der Waals surface area contributed by atoms with Crippen LogP contribution in [0, 0.1) is 5.92 Å². The van der Waals surface area contributed by atoms with Gasteiger partial charge in [0.2, 0.25) is 5.91 Å². The quantitative estimate of drug-likeness (QED) is 0.228. The van der Waals surface area contributed by atoms with Crippen molar-refractivity contribution in [2.24, 2.45) is 5.92 Å². The van der Waals surface area contributed by atoms with Gasteiger partial charge in [-0.1, -0.05) is 68.4 Å². The molecule has 37 heavy (non-hydrogen) atoms. The first-order valence-electron chi connectivity index (χ1n) is 14.0. The van der Waals surface area contributed by atoms with Gasteiger partial charge < -0.3 is 9.80 Å². The highest BCUT2D eigenvalue weighted by molar-refractivity contribution is 7.98. The average Bonchev–Trinajstić information content (AvgIpc) is 2.89. The van der Waals surface area contributed by atoms with E-state index in [1.54, 1.807) is 11.8 Å². The molecule has 1 aliphatic heterocycles. The van der Waals surface area contributed by atoms with Crippen LogP contribution in [0.1, 0.15) is 76.3 Å². The highest BCUT2D eigenvalue weighted by Gasteiger charge is 2.28. The molecule has 3 nitrogen and oxygen atoms in total. The van der Waals surface area contributed by atoms with E-state index in [4.69, 9.17) is 23.2 Å². The summed E-state index contributed by atoms with van der Waals surface area (Å²) in [5.74, 6) is 1.35. The Kier molecular flexibility index (Phi) is 12.6. The van der Waals surface area contributed by atoms with Crippen molar-refractivity contribution in [3.05, 3.63) is 63.6 Å². The number of amides is 1. The molecule has 2 unspecified atom stereocenters. The van der Waals surface area contributed by atoms with Gasteiger partial charge in [-0.2, -0.15) is 0 Å². The zero-order chi connectivity index (χ0) is 26.8. The third-order valence-electron chi connectivity index (χ3n) is 8.00. The fourth-order valence-corrected chi connectivity index (χ4v) is 6.91. The molecule has 0 bridgehead atoms. The molecule has 204 valence electrons. The summed E-state index contributed by atoms with van der Waals surface area (Å²) in [7, 11) is 0. The number of carbonyl (C=O) groups excluding carboxylic acids is 1. The number of hydrogen-bond donors (Lipinski definition) is 0. The van der Waals surface area contributed by atoms with Gasteiger partial charge in [-0.05, 0) is 92.3 Å². The molecule has 1 fully saturated rings. The summed E-state index contributed by atoms with van der Waals surface area (Å²) in [6.45, 7) is 10.6. The average molecular weight is 564 g/mol. The molecular formula is C31H44Cl2N2OS. The van der Waals surface area contributed by atoms with Crippen LogP contribution in [0.2, 0.25) is 10.0 Å². The van der Waals surface area contributed by atoms with Crippen molar-refractivity contribution in [2.75, 3.05) is 32.4 Å². The molecule has 6 heteroatoms. The van der Waals surface area contributed by atoms with E-state index < -0.39 is 0 Å². The number of rotatable bonds is 13. The van der Waals surface area contributed by atoms with Gasteiger partial charge in [0, 0.05) is 40.6 Å². The smallest absolute Gasteiger partial charge is 0.227 e. The highest BCUT2D eigenvalue weighted by Crippen LogP contribution is 2.36. The third-order valence-corrected chi connectivity index (χ3v) is 9.18. The van der Waals surface area contributed by atoms with Gasteiger partial charge in [0.1, 0.15) is 0 Å². The van der Waals surface area contributed by atoms with Crippen LogP contribution in [0.25, 0.3) is 0 Å². The second kappa shape index (κ2) is 15.4. The van der Waals surface area contributed by atoms with Crippen molar-refractivity contribution >= 4 is 40.9 Å². The number of halogens is 2. The SMILES string of the molecule is CCCC(CC)C(CCN1CCC(N(CC)C(=O)Cc2ccc(SC)cc2)CC1)c1cc(Cl)cc(Cl)c1. The van der Waals surface area contributed by atoms with Gasteiger partial charge in [-0.15, -0.1) is 11.8 Å². The monoisotopic (exact) mass is 562 g/mol. The Bertz CT molecular complexity index is 955. The first kappa shape index (κ1) is 30.3. The number of nitrogens with zero attached hydrogens (tertiary/aromatic N) is 2. The molecule has 0 radical (unpaired) electrons. The first-order valence-corrected chi connectivity index (χ1v) is 16.0. The lowest BCUT2D eigenvalue weighted by Crippen LogP contribution is -2.48. The number of benzene rings is 2. The Morgan fingerprint density at radius 2 is 1.68 bits per heavy atom. The Balaban J connectivity index is 1.57. The summed E-state index contributed by atoms with van der Waals surface area (Å²) in [6.07, 6.45) is 9.35. The van der Waals surface area contributed by atoms with Crippen LogP contribution in [0.3, 0.4) is 0 Å². The third kappa shape index (κ3) is 8.92. The van der Waals surface area contributed by atoms with E-state index in [1.807, 2.05) is 6.07 Å². The Hall–Kier alpha value is -1.20. The number of carbonyl (C=O) groups is 1. The van der Waals surface area contributed by atoms with Gasteiger partial charge >= 0.3 is 0 Å². The van der Waals surface area contributed by atoms with E-state index >= 15 is 0 Å². The molecule has 1 saturated heterocycles. The first-order chi connectivity index (χ1) is 17.9. The molecule has 2 aromatic carbocycles. The Morgan fingerprint density at radius 3 is 2.22 bits per heavy atom. The van der Waals surface area contributed by atoms with Crippen molar-refractivity contribution in [3.63, 3.8) is 0 Å². The zero-order valence-corrected chi connectivity index (χ0v) is 25.3. The van der Waals surface area contributed by atoms with Crippen molar-refractivity contribution in [1.29, 1.82) is 0 Å².